The van der Waals surface area contributed by atoms with E-state index >= 15 is 0 Å². The van der Waals surface area contributed by atoms with Gasteiger partial charge in [0.1, 0.15) is 5.60 Å². The molecule has 0 radical (unpaired) electrons. The Kier molecular flexibility index (Phi) is 5.63. The normalized spacial score (nSPS) is 16.9. The van der Waals surface area contributed by atoms with Gasteiger partial charge in [0.05, 0.1) is 13.7 Å². The van der Waals surface area contributed by atoms with E-state index in [-0.39, 0.29) is 5.91 Å². The van der Waals surface area contributed by atoms with Crippen molar-refractivity contribution in [1.29, 1.82) is 0 Å². The summed E-state index contributed by atoms with van der Waals surface area (Å²) in [6.07, 6.45) is 1.31. The van der Waals surface area contributed by atoms with Crippen LogP contribution in [-0.4, -0.2) is 45.4 Å². The van der Waals surface area contributed by atoms with Gasteiger partial charge in [0.25, 0.3) is 5.91 Å². The highest BCUT2D eigenvalue weighted by Crippen LogP contribution is 2.31. The highest BCUT2D eigenvalue weighted by atomic mass is 16.5. The van der Waals surface area contributed by atoms with E-state index < -0.39 is 5.60 Å². The number of hydrogen-bond acceptors (Lipinski definition) is 5. The first-order chi connectivity index (χ1) is 10.6. The van der Waals surface area contributed by atoms with Crippen LogP contribution in [0.4, 0.5) is 5.69 Å². The van der Waals surface area contributed by atoms with E-state index in [4.69, 9.17) is 14.2 Å². The Hall–Kier alpha value is -1.79. The molecule has 1 amide bonds. The summed E-state index contributed by atoms with van der Waals surface area (Å²) in [6, 6.07) is 5.35. The molecule has 1 aromatic carbocycles. The second kappa shape index (κ2) is 7.47. The van der Waals surface area contributed by atoms with Crippen molar-refractivity contribution in [3.63, 3.8) is 0 Å². The molecule has 122 valence electrons. The fourth-order valence-corrected chi connectivity index (χ4v) is 2.62. The number of carbonyl (C=O) groups is 1. The van der Waals surface area contributed by atoms with Gasteiger partial charge in [-0.1, -0.05) is 0 Å². The van der Waals surface area contributed by atoms with E-state index in [1.165, 1.54) is 0 Å². The minimum atomic E-state index is -0.767. The van der Waals surface area contributed by atoms with Crippen LogP contribution in [0.2, 0.25) is 0 Å². The zero-order valence-electron chi connectivity index (χ0n) is 13.4. The number of carbonyl (C=O) groups excluding carboxylic acids is 1. The molecule has 1 saturated heterocycles. The molecule has 1 fully saturated rings. The molecule has 0 aliphatic carbocycles. The summed E-state index contributed by atoms with van der Waals surface area (Å²) in [5.74, 6) is 1.13. The zero-order chi connectivity index (χ0) is 16.0. The van der Waals surface area contributed by atoms with Crippen LogP contribution in [0.5, 0.6) is 11.5 Å². The van der Waals surface area contributed by atoms with Gasteiger partial charge in [-0.3, -0.25) is 4.79 Å². The van der Waals surface area contributed by atoms with Crippen molar-refractivity contribution in [2.24, 2.45) is 0 Å². The van der Waals surface area contributed by atoms with E-state index in [0.717, 1.165) is 13.1 Å². The lowest BCUT2D eigenvalue weighted by atomic mass is 9.91. The fourth-order valence-electron chi connectivity index (χ4n) is 2.62. The van der Waals surface area contributed by atoms with Gasteiger partial charge in [-0.15, -0.1) is 0 Å². The van der Waals surface area contributed by atoms with Gasteiger partial charge < -0.3 is 24.8 Å². The molecule has 1 aromatic rings. The van der Waals surface area contributed by atoms with E-state index in [9.17, 15) is 4.79 Å². The Labute approximate surface area is 131 Å². The van der Waals surface area contributed by atoms with Crippen LogP contribution < -0.4 is 20.1 Å². The Morgan fingerprint density at radius 3 is 2.59 bits per heavy atom. The molecule has 0 unspecified atom stereocenters. The lowest BCUT2D eigenvalue weighted by Crippen LogP contribution is -2.51. The smallest absolute Gasteiger partial charge is 0.256 e. The first kappa shape index (κ1) is 16.6. The Morgan fingerprint density at radius 1 is 1.27 bits per heavy atom. The van der Waals surface area contributed by atoms with Gasteiger partial charge >= 0.3 is 0 Å². The van der Waals surface area contributed by atoms with Crippen LogP contribution in [0.15, 0.2) is 18.2 Å². The average Bonchev–Trinajstić information content (AvgIpc) is 2.57. The van der Waals surface area contributed by atoms with Crippen LogP contribution in [0.25, 0.3) is 0 Å². The van der Waals surface area contributed by atoms with Gasteiger partial charge in [0.15, 0.2) is 11.5 Å². The number of ether oxygens (including phenoxy) is 3. The van der Waals surface area contributed by atoms with Crippen molar-refractivity contribution >= 4 is 11.6 Å². The second-order valence-corrected chi connectivity index (χ2v) is 5.20. The molecule has 0 saturated carbocycles. The first-order valence-corrected chi connectivity index (χ1v) is 7.53. The summed E-state index contributed by atoms with van der Waals surface area (Å²) in [4.78, 5) is 12.6. The van der Waals surface area contributed by atoms with Crippen molar-refractivity contribution in [3.8, 4) is 11.5 Å². The quantitative estimate of drug-likeness (QED) is 0.839. The van der Waals surface area contributed by atoms with Crippen molar-refractivity contribution < 1.29 is 19.0 Å². The summed E-state index contributed by atoms with van der Waals surface area (Å²) in [5.41, 5.74) is -0.0999. The van der Waals surface area contributed by atoms with Crippen molar-refractivity contribution in [2.45, 2.75) is 25.4 Å². The third-order valence-electron chi connectivity index (χ3n) is 3.94. The lowest BCUT2D eigenvalue weighted by molar-refractivity contribution is -0.140. The summed E-state index contributed by atoms with van der Waals surface area (Å²) in [5, 5.41) is 6.16. The van der Waals surface area contributed by atoms with Gasteiger partial charge in [0, 0.05) is 18.9 Å². The van der Waals surface area contributed by atoms with Crippen molar-refractivity contribution in [1.82, 2.24) is 5.32 Å². The molecule has 22 heavy (non-hydrogen) atoms. The standard InChI is InChI=1S/C16H24N2O4/c1-4-22-13-6-5-12(11-14(13)20-2)18-15(19)16(21-3)7-9-17-10-8-16/h5-6,11,17H,4,7-10H2,1-3H3,(H,18,19). The number of anilines is 1. The molecular weight excluding hydrogens is 284 g/mol. The summed E-state index contributed by atoms with van der Waals surface area (Å²) in [6.45, 7) is 4.01. The van der Waals surface area contributed by atoms with Crippen molar-refractivity contribution in [3.05, 3.63) is 18.2 Å². The monoisotopic (exact) mass is 308 g/mol. The van der Waals surface area contributed by atoms with Gasteiger partial charge in [-0.25, -0.2) is 0 Å². The van der Waals surface area contributed by atoms with E-state index in [0.29, 0.717) is 36.6 Å². The number of amides is 1. The van der Waals surface area contributed by atoms with E-state index in [2.05, 4.69) is 10.6 Å². The first-order valence-electron chi connectivity index (χ1n) is 7.53. The number of nitrogens with one attached hydrogen (secondary N) is 2. The molecule has 2 rings (SSSR count). The van der Waals surface area contributed by atoms with Crippen molar-refractivity contribution in [2.75, 3.05) is 39.2 Å². The minimum absolute atomic E-state index is 0.122. The third-order valence-corrected chi connectivity index (χ3v) is 3.94. The minimum Gasteiger partial charge on any atom is -0.493 e. The molecular formula is C16H24N2O4. The highest BCUT2D eigenvalue weighted by molar-refractivity contribution is 5.97. The van der Waals surface area contributed by atoms with Crippen LogP contribution >= 0.6 is 0 Å². The molecule has 1 aliphatic rings. The summed E-state index contributed by atoms with van der Waals surface area (Å²) in [7, 11) is 3.16. The number of methoxy groups -OCH3 is 2. The summed E-state index contributed by atoms with van der Waals surface area (Å²) >= 11 is 0. The Bertz CT molecular complexity index is 513. The Morgan fingerprint density at radius 2 is 2.00 bits per heavy atom. The van der Waals surface area contributed by atoms with E-state index in [1.54, 1.807) is 32.4 Å². The number of rotatable bonds is 6. The summed E-state index contributed by atoms with van der Waals surface area (Å²) < 4.78 is 16.3. The van der Waals surface area contributed by atoms with Crippen LogP contribution in [-0.2, 0) is 9.53 Å². The van der Waals surface area contributed by atoms with Crippen LogP contribution in [0.3, 0.4) is 0 Å². The highest BCUT2D eigenvalue weighted by Gasteiger charge is 2.39. The average molecular weight is 308 g/mol. The molecule has 0 bridgehead atoms. The van der Waals surface area contributed by atoms with Crippen LogP contribution in [0, 0.1) is 0 Å². The molecule has 1 aliphatic heterocycles. The largest absolute Gasteiger partial charge is 0.493 e. The number of benzene rings is 1. The maximum absolute atomic E-state index is 12.6. The van der Waals surface area contributed by atoms with Gasteiger partial charge in [0.2, 0.25) is 0 Å². The molecule has 6 heteroatoms. The predicted octanol–water partition coefficient (Wildman–Crippen LogP) is 1.80. The SMILES string of the molecule is CCOc1ccc(NC(=O)C2(OC)CCNCC2)cc1OC. The molecule has 6 nitrogen and oxygen atoms in total. The van der Waals surface area contributed by atoms with Gasteiger partial charge in [-0.05, 0) is 45.0 Å². The molecule has 0 aromatic heterocycles. The Balaban J connectivity index is 2.13. The lowest BCUT2D eigenvalue weighted by Gasteiger charge is -2.34. The third kappa shape index (κ3) is 3.51. The topological polar surface area (TPSA) is 68.8 Å². The maximum Gasteiger partial charge on any atom is 0.256 e. The molecule has 1 heterocycles. The van der Waals surface area contributed by atoms with Gasteiger partial charge in [-0.2, -0.15) is 0 Å². The van der Waals surface area contributed by atoms with E-state index in [1.807, 2.05) is 6.92 Å². The van der Waals surface area contributed by atoms with Crippen LogP contribution in [0.1, 0.15) is 19.8 Å². The molecule has 0 spiro atoms. The molecule has 2 N–H and O–H groups in total. The maximum atomic E-state index is 12.6. The number of piperidine rings is 1. The number of hydrogen-bond donors (Lipinski definition) is 2. The second-order valence-electron chi connectivity index (χ2n) is 5.20. The zero-order valence-corrected chi connectivity index (χ0v) is 13.4. The predicted molar refractivity (Wildman–Crippen MR) is 84.6 cm³/mol. The fraction of sp³-hybridized carbons (Fsp3) is 0.562. The molecule has 0 atom stereocenters.